The van der Waals surface area contributed by atoms with Crippen LogP contribution in [-0.2, 0) is 22.4 Å². The van der Waals surface area contributed by atoms with Crippen LogP contribution in [0.1, 0.15) is 61.2 Å². The molecule has 0 saturated carbocycles. The second-order valence-corrected chi connectivity index (χ2v) is 30.9. The number of ether oxygens (including phenoxy) is 1. The fourth-order valence-electron chi connectivity index (χ4n) is 8.62. The first-order valence-corrected chi connectivity index (χ1v) is 36.3. The van der Waals surface area contributed by atoms with Crippen LogP contribution in [0.5, 0.6) is 23.1 Å². The number of hydrogen-bond acceptors (Lipinski definition) is 19. The first-order valence-electron chi connectivity index (χ1n) is 29.8. The molecule has 23 heteroatoms. The summed E-state index contributed by atoms with van der Waals surface area (Å²) in [5, 5.41) is 50.0. The lowest BCUT2D eigenvalue weighted by molar-refractivity contribution is -0.154. The number of phenolic OH excluding ortho intramolecular Hbond substituents is 1. The Kier molecular flexibility index (Phi) is 25.1. The molecule has 0 spiro atoms. The summed E-state index contributed by atoms with van der Waals surface area (Å²) in [4.78, 5) is 38.6. The molecule has 0 amide bonds. The third kappa shape index (κ3) is 19.8. The standard InChI is InChI=1S/C24H19N3O2S.C17H28O4Si.C15H13N3S.C11H10BrN3.C4H4BO2S/c1-15-2-6-17(7-3-15)21-13-27-23(22(25-21)18-10-11-30-14-18)26-20(24(27)29)12-16-4-8-19(28)9-5-16;1-7-20-16(19)15(18)12-13-8-10-14(11-9-13)21-22(5,6)17(2,3)4;1-10-2-4-11(5-3-10)13-8-17-15(16)14(18-13)12-6-7-19-9-12;1-7-2-4-8(5-3-7)9-6-14-11(13)10(12)15-9;6-5-7-4-1-2-8-3-4/h2-11,13-14,28-29H,12H2,1H3;8-11,16,19H,7,12H2,1-6H3;2-9H,1H3,(H2,16,17);2-6H,1H3,(H2,13,14);1-3,6H. The molecule has 94 heavy (non-hydrogen) atoms. The number of halogens is 1. The molecule has 0 fully saturated rings. The second kappa shape index (κ2) is 33.3. The van der Waals surface area contributed by atoms with Crippen LogP contribution < -0.4 is 20.5 Å². The van der Waals surface area contributed by atoms with Crippen LogP contribution >= 0.6 is 49.9 Å². The number of aliphatic hydroxyl groups is 1. The third-order valence-electron chi connectivity index (χ3n) is 14.9. The third-order valence-corrected chi connectivity index (χ3v) is 21.9. The van der Waals surface area contributed by atoms with E-state index in [1.165, 1.54) is 28.0 Å². The van der Waals surface area contributed by atoms with Crippen LogP contribution in [0.3, 0.4) is 0 Å². The second-order valence-electron chi connectivity index (χ2n) is 23.1. The van der Waals surface area contributed by atoms with Gasteiger partial charge < -0.3 is 45.6 Å². The Hall–Kier alpha value is -8.91. The molecule has 7 heterocycles. The van der Waals surface area contributed by atoms with E-state index in [1.54, 1.807) is 70.0 Å². The van der Waals surface area contributed by atoms with Gasteiger partial charge in [0.1, 0.15) is 44.8 Å². The van der Waals surface area contributed by atoms with E-state index in [1.807, 2.05) is 137 Å². The summed E-state index contributed by atoms with van der Waals surface area (Å²) in [5.74, 6) is 2.36. The zero-order valence-electron chi connectivity index (χ0n) is 53.6. The number of carbonyl (C=O) groups excluding carboxylic acids is 1. The molecule has 0 aliphatic carbocycles. The molecule has 12 rings (SSSR count). The quantitative estimate of drug-likeness (QED) is 0.0388. The normalized spacial score (nSPS) is 11.3. The fraction of sp³-hybridized carbons (Fsp3) is 0.197. The summed E-state index contributed by atoms with van der Waals surface area (Å²) >= 11 is 8.00. The van der Waals surface area contributed by atoms with Crippen molar-refractivity contribution in [3.05, 3.63) is 229 Å². The molecule has 483 valence electrons. The van der Waals surface area contributed by atoms with E-state index in [0.29, 0.717) is 54.0 Å². The minimum Gasteiger partial charge on any atom is -0.544 e. The maximum atomic E-state index is 11.7. The summed E-state index contributed by atoms with van der Waals surface area (Å²) < 4.78 is 18.0. The molecule has 12 aromatic rings. The lowest BCUT2D eigenvalue weighted by atomic mass is 10.1. The number of aromatic nitrogens is 7. The Balaban J connectivity index is 0.000000158. The first kappa shape index (κ1) is 71.0. The molecule has 17 nitrogen and oxygen atoms in total. The number of fused-ring (bicyclic) bond motifs is 1. The molecule has 5 aromatic carbocycles. The molecular formula is C71H74BBrN9O8S3Si. The van der Waals surface area contributed by atoms with Gasteiger partial charge in [-0.15, -0.1) is 11.3 Å². The zero-order valence-corrected chi connectivity index (χ0v) is 58.6. The van der Waals surface area contributed by atoms with Gasteiger partial charge in [0.05, 0.1) is 29.5 Å². The molecule has 7 aromatic heterocycles. The lowest BCUT2D eigenvalue weighted by Crippen LogP contribution is -2.43. The van der Waals surface area contributed by atoms with E-state index in [9.17, 15) is 20.1 Å². The number of aromatic hydroxyl groups is 2. The number of Topliss-reactive ketones (excluding diaryl/α,β-unsaturated/α-hetero) is 1. The van der Waals surface area contributed by atoms with Crippen molar-refractivity contribution >= 4 is 89.0 Å². The molecule has 1 radical (unpaired) electrons. The van der Waals surface area contributed by atoms with Gasteiger partial charge in [-0.2, -0.15) is 22.7 Å². The summed E-state index contributed by atoms with van der Waals surface area (Å²) in [6, 6.07) is 44.7. The number of benzene rings is 5. The number of anilines is 2. The Labute approximate surface area is 570 Å². The monoisotopic (exact) mass is 1390 g/mol. The Bertz CT molecular complexity index is 4330. The van der Waals surface area contributed by atoms with Gasteiger partial charge >= 0.3 is 7.69 Å². The summed E-state index contributed by atoms with van der Waals surface area (Å²) in [5.41, 5.74) is 27.1. The van der Waals surface area contributed by atoms with E-state index in [4.69, 9.17) is 35.6 Å². The predicted octanol–water partition coefficient (Wildman–Crippen LogP) is 16.2. The fourth-order valence-corrected chi connectivity index (χ4v) is 11.8. The van der Waals surface area contributed by atoms with Crippen molar-refractivity contribution in [2.45, 2.75) is 85.7 Å². The minimum absolute atomic E-state index is 0.102. The van der Waals surface area contributed by atoms with Crippen LogP contribution in [0.15, 0.2) is 195 Å². The number of nitrogen functional groups attached to an aromatic ring is 2. The molecule has 1 atom stereocenters. The van der Waals surface area contributed by atoms with Gasteiger partial charge in [-0.25, -0.2) is 29.9 Å². The number of nitrogens with two attached hydrogens (primary N) is 2. The molecule has 0 aliphatic rings. The number of imidazole rings is 1. The van der Waals surface area contributed by atoms with Crippen molar-refractivity contribution in [2.75, 3.05) is 18.1 Å². The smallest absolute Gasteiger partial charge is 0.544 e. The summed E-state index contributed by atoms with van der Waals surface area (Å²) in [6.07, 6.45) is 4.49. The van der Waals surface area contributed by atoms with Crippen molar-refractivity contribution in [3.63, 3.8) is 0 Å². The zero-order chi connectivity index (χ0) is 67.5. The Morgan fingerprint density at radius 2 is 1.13 bits per heavy atom. The van der Waals surface area contributed by atoms with E-state index in [-0.39, 0.29) is 28.9 Å². The lowest BCUT2D eigenvalue weighted by Gasteiger charge is -2.36. The van der Waals surface area contributed by atoms with Gasteiger partial charge in [0.2, 0.25) is 20.5 Å². The van der Waals surface area contributed by atoms with Crippen molar-refractivity contribution in [2.24, 2.45) is 0 Å². The molecule has 0 aliphatic heterocycles. The number of phenols is 1. The van der Waals surface area contributed by atoms with Gasteiger partial charge in [-0.1, -0.05) is 135 Å². The number of thiophene rings is 3. The highest BCUT2D eigenvalue weighted by molar-refractivity contribution is 9.10. The number of aliphatic hydroxyl groups excluding tert-OH is 1. The number of hydrogen-bond donors (Lipinski definition) is 6. The maximum absolute atomic E-state index is 11.7. The van der Waals surface area contributed by atoms with Crippen LogP contribution in [0.25, 0.3) is 61.9 Å². The van der Waals surface area contributed by atoms with Gasteiger partial charge in [0.25, 0.3) is 0 Å². The van der Waals surface area contributed by atoms with E-state index >= 15 is 0 Å². The molecule has 0 saturated heterocycles. The predicted molar refractivity (Wildman–Crippen MR) is 387 cm³/mol. The van der Waals surface area contributed by atoms with E-state index < -0.39 is 14.6 Å². The van der Waals surface area contributed by atoms with Crippen molar-refractivity contribution in [1.29, 1.82) is 0 Å². The highest BCUT2D eigenvalue weighted by Crippen LogP contribution is 2.38. The topological polar surface area (TPSA) is 259 Å². The Morgan fingerprint density at radius 1 is 0.628 bits per heavy atom. The van der Waals surface area contributed by atoms with Crippen LogP contribution in [0.2, 0.25) is 18.1 Å². The van der Waals surface area contributed by atoms with Crippen LogP contribution in [0.4, 0.5) is 11.6 Å². The average Bonchev–Trinajstić information content (AvgIpc) is 1.59. The first-order chi connectivity index (χ1) is 45.0. The average molecular weight is 1400 g/mol. The summed E-state index contributed by atoms with van der Waals surface area (Å²) in [7, 11) is -1.18. The van der Waals surface area contributed by atoms with Crippen LogP contribution in [0, 0.1) is 20.8 Å². The molecule has 1 unspecified atom stereocenters. The van der Waals surface area contributed by atoms with Gasteiger partial charge in [0.15, 0.2) is 17.2 Å². The largest absolute Gasteiger partial charge is 0.569 e. The van der Waals surface area contributed by atoms with Gasteiger partial charge in [0, 0.05) is 69.6 Å². The van der Waals surface area contributed by atoms with E-state index in [0.717, 1.165) is 73.2 Å². The number of aryl methyl sites for hydroxylation is 3. The van der Waals surface area contributed by atoms with Crippen molar-refractivity contribution < 1.29 is 39.0 Å². The maximum Gasteiger partial charge on any atom is 0.569 e. The van der Waals surface area contributed by atoms with Gasteiger partial charge in [-0.3, -0.25) is 9.20 Å². The number of ketones is 1. The summed E-state index contributed by atoms with van der Waals surface area (Å²) in [6.45, 7) is 19.2. The number of carbonyl (C=O) groups is 1. The highest BCUT2D eigenvalue weighted by Gasteiger charge is 2.39. The molecule has 8 N–H and O–H groups in total. The molecular weight excluding hydrogens is 1320 g/mol. The molecule has 0 bridgehead atoms. The van der Waals surface area contributed by atoms with Gasteiger partial charge in [-0.05, 0) is 131 Å². The van der Waals surface area contributed by atoms with E-state index in [2.05, 4.69) is 112 Å². The Morgan fingerprint density at radius 3 is 1.63 bits per heavy atom. The van der Waals surface area contributed by atoms with Crippen molar-refractivity contribution in [3.8, 4) is 79.4 Å². The van der Waals surface area contributed by atoms with Crippen molar-refractivity contribution in [1.82, 2.24) is 34.3 Å². The van der Waals surface area contributed by atoms with Crippen LogP contribution in [-0.4, -0.2) is 89.3 Å². The highest BCUT2D eigenvalue weighted by atomic mass is 79.9. The SMILES string of the molecule is CCOC(O)C(=O)Cc1ccc(O[Si](C)(C)C(C)(C)C)cc1.Cc1ccc(-c2cn3c(O)c(Cc4ccc(O)cc4)nc3c(-c3ccsc3)n2)cc1.Cc1ccc(-c2cnc(N)c(-c3ccsc3)n2)cc1.Cc1ccc(-c2cnc(N)c(Br)n2)cc1.O[B]Oc1ccsc1. The number of rotatable bonds is 16. The minimum atomic E-state index is -1.85. The number of nitrogens with zero attached hydrogens (tertiary/aromatic N) is 7.